The Hall–Kier alpha value is -1.65. The zero-order chi connectivity index (χ0) is 12.5. The van der Waals surface area contributed by atoms with Crippen LogP contribution < -0.4 is 5.32 Å². The van der Waals surface area contributed by atoms with Gasteiger partial charge in [0.15, 0.2) is 11.5 Å². The van der Waals surface area contributed by atoms with Crippen LogP contribution in [0.3, 0.4) is 0 Å². The molecule has 0 aliphatic rings. The summed E-state index contributed by atoms with van der Waals surface area (Å²) in [6.45, 7) is 8.83. The third-order valence-electron chi connectivity index (χ3n) is 2.98. The molecule has 5 nitrogen and oxygen atoms in total. The quantitative estimate of drug-likeness (QED) is 0.855. The van der Waals surface area contributed by atoms with Crippen molar-refractivity contribution in [1.82, 2.24) is 19.9 Å². The first kappa shape index (κ1) is 11.8. The molecular formula is C12H19N5. The maximum Gasteiger partial charge on any atom is 0.162 e. The molecule has 0 saturated heterocycles. The third kappa shape index (κ3) is 2.38. The molecule has 0 fully saturated rings. The second-order valence-electron chi connectivity index (χ2n) is 5.29. The van der Waals surface area contributed by atoms with E-state index in [-0.39, 0.29) is 5.41 Å². The second-order valence-corrected chi connectivity index (χ2v) is 5.29. The van der Waals surface area contributed by atoms with Crippen LogP contribution in [-0.2, 0) is 0 Å². The SMILES string of the molecule is CCC(Nc1ncnc2[nH]cnc12)C(C)(C)C. The fraction of sp³-hybridized carbons (Fsp3) is 0.583. The van der Waals surface area contributed by atoms with Gasteiger partial charge in [0.2, 0.25) is 0 Å². The van der Waals surface area contributed by atoms with Crippen molar-refractivity contribution in [3.8, 4) is 0 Å². The van der Waals surface area contributed by atoms with Crippen molar-refractivity contribution in [3.63, 3.8) is 0 Å². The molecule has 0 saturated carbocycles. The Kier molecular flexibility index (Phi) is 3.00. The first-order valence-corrected chi connectivity index (χ1v) is 5.93. The van der Waals surface area contributed by atoms with Gasteiger partial charge >= 0.3 is 0 Å². The van der Waals surface area contributed by atoms with Crippen LogP contribution in [0.5, 0.6) is 0 Å². The lowest BCUT2D eigenvalue weighted by atomic mass is 9.85. The van der Waals surface area contributed by atoms with Crippen molar-refractivity contribution < 1.29 is 0 Å². The van der Waals surface area contributed by atoms with E-state index in [1.54, 1.807) is 12.7 Å². The molecule has 0 aromatic carbocycles. The van der Waals surface area contributed by atoms with E-state index < -0.39 is 0 Å². The minimum Gasteiger partial charge on any atom is -0.365 e. The van der Waals surface area contributed by atoms with Gasteiger partial charge in [-0.15, -0.1) is 0 Å². The first-order chi connectivity index (χ1) is 8.02. The molecule has 2 aromatic heterocycles. The summed E-state index contributed by atoms with van der Waals surface area (Å²) in [5.41, 5.74) is 1.75. The van der Waals surface area contributed by atoms with Crippen LogP contribution in [-0.4, -0.2) is 26.0 Å². The Labute approximate surface area is 101 Å². The van der Waals surface area contributed by atoms with E-state index in [9.17, 15) is 0 Å². The predicted molar refractivity (Wildman–Crippen MR) is 68.8 cm³/mol. The van der Waals surface area contributed by atoms with Gasteiger partial charge in [-0.1, -0.05) is 27.7 Å². The highest BCUT2D eigenvalue weighted by Crippen LogP contribution is 2.26. The van der Waals surface area contributed by atoms with Crippen LogP contribution in [0, 0.1) is 5.41 Å². The highest BCUT2D eigenvalue weighted by Gasteiger charge is 2.23. The number of aromatic amines is 1. The van der Waals surface area contributed by atoms with Crippen LogP contribution in [0.25, 0.3) is 11.2 Å². The normalized spacial score (nSPS) is 13.9. The van der Waals surface area contributed by atoms with Crippen molar-refractivity contribution in [2.45, 2.75) is 40.2 Å². The Bertz CT molecular complexity index is 497. The molecule has 2 rings (SSSR count). The molecule has 2 aromatic rings. The molecule has 0 amide bonds. The van der Waals surface area contributed by atoms with Gasteiger partial charge in [-0.2, -0.15) is 0 Å². The van der Waals surface area contributed by atoms with E-state index in [0.717, 1.165) is 23.4 Å². The summed E-state index contributed by atoms with van der Waals surface area (Å²) in [5.74, 6) is 0.804. The highest BCUT2D eigenvalue weighted by atomic mass is 15.1. The van der Waals surface area contributed by atoms with Crippen LogP contribution in [0.1, 0.15) is 34.1 Å². The number of H-pyrrole nitrogens is 1. The van der Waals surface area contributed by atoms with Gasteiger partial charge in [-0.25, -0.2) is 15.0 Å². The molecular weight excluding hydrogens is 214 g/mol. The summed E-state index contributed by atoms with van der Waals surface area (Å²) in [4.78, 5) is 15.6. The molecule has 1 atom stereocenters. The summed E-state index contributed by atoms with van der Waals surface area (Å²) < 4.78 is 0. The Morgan fingerprint density at radius 3 is 2.71 bits per heavy atom. The largest absolute Gasteiger partial charge is 0.365 e. The number of anilines is 1. The number of nitrogens with zero attached hydrogens (tertiary/aromatic N) is 3. The lowest BCUT2D eigenvalue weighted by molar-refractivity contribution is 0.333. The van der Waals surface area contributed by atoms with Gasteiger partial charge in [0, 0.05) is 6.04 Å². The zero-order valence-corrected chi connectivity index (χ0v) is 10.8. The van der Waals surface area contributed by atoms with Gasteiger partial charge in [0.05, 0.1) is 6.33 Å². The Morgan fingerprint density at radius 2 is 2.06 bits per heavy atom. The topological polar surface area (TPSA) is 66.5 Å². The number of hydrogen-bond donors (Lipinski definition) is 2. The lowest BCUT2D eigenvalue weighted by Gasteiger charge is -2.31. The number of imidazole rings is 1. The van der Waals surface area contributed by atoms with Crippen molar-refractivity contribution in [3.05, 3.63) is 12.7 Å². The van der Waals surface area contributed by atoms with E-state index in [0.29, 0.717) is 6.04 Å². The molecule has 0 radical (unpaired) electrons. The summed E-state index contributed by atoms with van der Waals surface area (Å²) >= 11 is 0. The van der Waals surface area contributed by atoms with Crippen LogP contribution in [0.2, 0.25) is 0 Å². The smallest absolute Gasteiger partial charge is 0.162 e. The standard InChI is InChI=1S/C12H19N5/c1-5-8(12(2,3)4)17-11-9-10(14-6-13-9)15-7-16-11/h6-8H,5H2,1-4H3,(H2,13,14,15,16,17). The summed E-state index contributed by atoms with van der Waals surface area (Å²) in [7, 11) is 0. The predicted octanol–water partition coefficient (Wildman–Crippen LogP) is 2.59. The minimum atomic E-state index is 0.183. The number of fused-ring (bicyclic) bond motifs is 1. The van der Waals surface area contributed by atoms with Crippen LogP contribution in [0.15, 0.2) is 12.7 Å². The van der Waals surface area contributed by atoms with Crippen molar-refractivity contribution >= 4 is 17.0 Å². The van der Waals surface area contributed by atoms with Gasteiger partial charge in [-0.05, 0) is 11.8 Å². The van der Waals surface area contributed by atoms with Crippen molar-refractivity contribution in [2.75, 3.05) is 5.32 Å². The summed E-state index contributed by atoms with van der Waals surface area (Å²) in [6, 6.07) is 0.359. The van der Waals surface area contributed by atoms with E-state index in [2.05, 4.69) is 52.9 Å². The third-order valence-corrected chi connectivity index (χ3v) is 2.98. The van der Waals surface area contributed by atoms with Crippen LogP contribution >= 0.6 is 0 Å². The molecule has 0 spiro atoms. The average Bonchev–Trinajstić information content (AvgIpc) is 2.72. The second kappa shape index (κ2) is 4.31. The van der Waals surface area contributed by atoms with E-state index in [1.165, 1.54) is 0 Å². The molecule has 5 heteroatoms. The number of hydrogen-bond acceptors (Lipinski definition) is 4. The summed E-state index contributed by atoms with van der Waals surface area (Å²) in [6.07, 6.45) is 4.24. The monoisotopic (exact) mass is 233 g/mol. The fourth-order valence-corrected chi connectivity index (χ4v) is 1.97. The molecule has 2 N–H and O–H groups in total. The first-order valence-electron chi connectivity index (χ1n) is 5.93. The maximum atomic E-state index is 4.28. The number of aromatic nitrogens is 4. The van der Waals surface area contributed by atoms with Crippen LogP contribution in [0.4, 0.5) is 5.82 Å². The summed E-state index contributed by atoms with van der Waals surface area (Å²) in [5, 5.41) is 3.46. The minimum absolute atomic E-state index is 0.183. The molecule has 0 bridgehead atoms. The van der Waals surface area contributed by atoms with Gasteiger partial charge in [-0.3, -0.25) is 0 Å². The number of nitrogens with one attached hydrogen (secondary N) is 2. The maximum absolute atomic E-state index is 4.28. The molecule has 1 unspecified atom stereocenters. The van der Waals surface area contributed by atoms with Crippen molar-refractivity contribution in [2.24, 2.45) is 5.41 Å². The molecule has 0 aliphatic carbocycles. The average molecular weight is 233 g/mol. The van der Waals surface area contributed by atoms with E-state index in [4.69, 9.17) is 0 Å². The lowest BCUT2D eigenvalue weighted by Crippen LogP contribution is -2.33. The fourth-order valence-electron chi connectivity index (χ4n) is 1.97. The van der Waals surface area contributed by atoms with Gasteiger partial charge in [0.1, 0.15) is 11.8 Å². The van der Waals surface area contributed by atoms with E-state index >= 15 is 0 Å². The molecule has 0 aliphatic heterocycles. The Balaban J connectivity index is 2.31. The molecule has 17 heavy (non-hydrogen) atoms. The number of rotatable bonds is 3. The Morgan fingerprint density at radius 1 is 1.29 bits per heavy atom. The van der Waals surface area contributed by atoms with Gasteiger partial charge in [0.25, 0.3) is 0 Å². The highest BCUT2D eigenvalue weighted by molar-refractivity contribution is 5.82. The zero-order valence-electron chi connectivity index (χ0n) is 10.8. The van der Waals surface area contributed by atoms with Crippen molar-refractivity contribution in [1.29, 1.82) is 0 Å². The molecule has 92 valence electrons. The van der Waals surface area contributed by atoms with E-state index in [1.807, 2.05) is 0 Å². The molecule has 2 heterocycles. The van der Waals surface area contributed by atoms with Gasteiger partial charge < -0.3 is 10.3 Å².